The van der Waals surface area contributed by atoms with E-state index in [0.717, 1.165) is 0 Å². The van der Waals surface area contributed by atoms with Crippen molar-refractivity contribution in [2.75, 3.05) is 6.54 Å². The van der Waals surface area contributed by atoms with E-state index in [1.807, 2.05) is 13.8 Å². The van der Waals surface area contributed by atoms with Crippen molar-refractivity contribution in [3.8, 4) is 0 Å². The molecule has 2 N–H and O–H groups in total. The molecule has 0 saturated heterocycles. The van der Waals surface area contributed by atoms with Gasteiger partial charge in [-0.1, -0.05) is 0 Å². The molecule has 0 fully saturated rings. The number of carbonyl (C=O) groups is 1. The Morgan fingerprint density at radius 3 is 2.93 bits per heavy atom. The van der Waals surface area contributed by atoms with Gasteiger partial charge < -0.3 is 10.6 Å². The molecule has 0 aliphatic carbocycles. The minimum Gasteiger partial charge on any atom is -0.336 e. The fourth-order valence-electron chi connectivity index (χ4n) is 0.945. The molecule has 14 heavy (non-hydrogen) atoms. The third kappa shape index (κ3) is 3.88. The number of nitrogens with zero attached hydrogens (tertiary/aromatic N) is 3. The summed E-state index contributed by atoms with van der Waals surface area (Å²) in [7, 11) is 0. The Hall–Kier alpha value is -1.59. The zero-order valence-corrected chi connectivity index (χ0v) is 8.40. The molecule has 1 rings (SSSR count). The number of urea groups is 1. The molecular weight excluding hydrogens is 182 g/mol. The molecule has 1 aromatic heterocycles. The van der Waals surface area contributed by atoms with Crippen LogP contribution in [0.2, 0.25) is 0 Å². The van der Waals surface area contributed by atoms with Crippen molar-refractivity contribution in [1.29, 1.82) is 0 Å². The van der Waals surface area contributed by atoms with Crippen LogP contribution in [0.15, 0.2) is 12.7 Å². The second kappa shape index (κ2) is 5.21. The van der Waals surface area contributed by atoms with Gasteiger partial charge >= 0.3 is 6.03 Å². The maximum absolute atomic E-state index is 11.1. The van der Waals surface area contributed by atoms with Crippen LogP contribution < -0.4 is 10.6 Å². The first-order valence-corrected chi connectivity index (χ1v) is 4.55. The SMILES string of the molecule is CC(C)NC(=O)NCCn1cncn1. The molecule has 0 bridgehead atoms. The summed E-state index contributed by atoms with van der Waals surface area (Å²) in [6.07, 6.45) is 3.08. The summed E-state index contributed by atoms with van der Waals surface area (Å²) in [6, 6.07) is 0.00138. The number of aromatic nitrogens is 3. The molecule has 2 amide bonds. The molecule has 78 valence electrons. The first-order valence-electron chi connectivity index (χ1n) is 4.55. The lowest BCUT2D eigenvalue weighted by Gasteiger charge is -2.09. The summed E-state index contributed by atoms with van der Waals surface area (Å²) in [6.45, 7) is 5.00. The average Bonchev–Trinajstić information content (AvgIpc) is 2.55. The van der Waals surface area contributed by atoms with Gasteiger partial charge in [0.2, 0.25) is 0 Å². The minimum absolute atomic E-state index is 0.153. The molecule has 6 nitrogen and oxygen atoms in total. The number of nitrogens with one attached hydrogen (secondary N) is 2. The Morgan fingerprint density at radius 1 is 1.57 bits per heavy atom. The Labute approximate surface area is 82.7 Å². The van der Waals surface area contributed by atoms with Crippen LogP contribution in [0.4, 0.5) is 4.79 Å². The van der Waals surface area contributed by atoms with Gasteiger partial charge in [0, 0.05) is 12.6 Å². The highest BCUT2D eigenvalue weighted by Crippen LogP contribution is 1.79. The zero-order valence-electron chi connectivity index (χ0n) is 8.40. The van der Waals surface area contributed by atoms with E-state index in [0.29, 0.717) is 13.1 Å². The lowest BCUT2D eigenvalue weighted by Crippen LogP contribution is -2.40. The summed E-state index contributed by atoms with van der Waals surface area (Å²) in [5.41, 5.74) is 0. The van der Waals surface area contributed by atoms with Crippen molar-refractivity contribution in [3.63, 3.8) is 0 Å². The van der Waals surface area contributed by atoms with Crippen molar-refractivity contribution >= 4 is 6.03 Å². The molecule has 0 aliphatic heterocycles. The fraction of sp³-hybridized carbons (Fsp3) is 0.625. The lowest BCUT2D eigenvalue weighted by molar-refractivity contribution is 0.238. The van der Waals surface area contributed by atoms with Gasteiger partial charge in [0.1, 0.15) is 12.7 Å². The van der Waals surface area contributed by atoms with Crippen LogP contribution >= 0.6 is 0 Å². The van der Waals surface area contributed by atoms with Crippen molar-refractivity contribution < 1.29 is 4.79 Å². The number of hydrogen-bond donors (Lipinski definition) is 2. The summed E-state index contributed by atoms with van der Waals surface area (Å²) in [5.74, 6) is 0. The van der Waals surface area contributed by atoms with Crippen LogP contribution in [0.25, 0.3) is 0 Å². The Bertz CT molecular complexity index is 269. The van der Waals surface area contributed by atoms with Crippen LogP contribution in [0.1, 0.15) is 13.8 Å². The summed E-state index contributed by atoms with van der Waals surface area (Å²) in [4.78, 5) is 14.9. The molecule has 0 saturated carbocycles. The second-order valence-corrected chi connectivity index (χ2v) is 3.21. The Balaban J connectivity index is 2.12. The van der Waals surface area contributed by atoms with E-state index in [9.17, 15) is 4.79 Å². The van der Waals surface area contributed by atoms with Crippen LogP contribution in [-0.4, -0.2) is 33.4 Å². The van der Waals surface area contributed by atoms with Crippen molar-refractivity contribution in [2.24, 2.45) is 0 Å². The maximum Gasteiger partial charge on any atom is 0.315 e. The highest BCUT2D eigenvalue weighted by molar-refractivity contribution is 5.73. The second-order valence-electron chi connectivity index (χ2n) is 3.21. The van der Waals surface area contributed by atoms with Gasteiger partial charge in [0.05, 0.1) is 6.54 Å². The summed E-state index contributed by atoms with van der Waals surface area (Å²) >= 11 is 0. The van der Waals surface area contributed by atoms with Crippen molar-refractivity contribution in [1.82, 2.24) is 25.4 Å². The molecule has 6 heteroatoms. The Morgan fingerprint density at radius 2 is 2.36 bits per heavy atom. The van der Waals surface area contributed by atoms with Crippen molar-refractivity contribution in [3.05, 3.63) is 12.7 Å². The third-order valence-corrected chi connectivity index (χ3v) is 1.51. The van der Waals surface area contributed by atoms with E-state index in [-0.39, 0.29) is 12.1 Å². The highest BCUT2D eigenvalue weighted by atomic mass is 16.2. The van der Waals surface area contributed by atoms with Crippen LogP contribution in [0.5, 0.6) is 0 Å². The monoisotopic (exact) mass is 197 g/mol. The summed E-state index contributed by atoms with van der Waals surface area (Å²) in [5, 5.41) is 9.35. The molecule has 0 atom stereocenters. The Kier molecular flexibility index (Phi) is 3.90. The first kappa shape index (κ1) is 10.5. The van der Waals surface area contributed by atoms with E-state index in [1.54, 1.807) is 11.0 Å². The predicted molar refractivity (Wildman–Crippen MR) is 51.7 cm³/mol. The molecule has 0 aliphatic rings. The maximum atomic E-state index is 11.1. The smallest absolute Gasteiger partial charge is 0.315 e. The normalized spacial score (nSPS) is 10.2. The third-order valence-electron chi connectivity index (χ3n) is 1.51. The number of carbonyl (C=O) groups excluding carboxylic acids is 1. The predicted octanol–water partition coefficient (Wildman–Crippen LogP) is -0.0143. The van der Waals surface area contributed by atoms with Crippen LogP contribution in [-0.2, 0) is 6.54 Å². The van der Waals surface area contributed by atoms with Gasteiger partial charge in [0.25, 0.3) is 0 Å². The van der Waals surface area contributed by atoms with Gasteiger partial charge in [-0.15, -0.1) is 0 Å². The lowest BCUT2D eigenvalue weighted by atomic mass is 10.4. The van der Waals surface area contributed by atoms with E-state index in [1.165, 1.54) is 6.33 Å². The quantitative estimate of drug-likeness (QED) is 0.713. The summed E-state index contributed by atoms with van der Waals surface area (Å²) < 4.78 is 1.66. The van der Waals surface area contributed by atoms with Gasteiger partial charge in [-0.2, -0.15) is 5.10 Å². The number of amides is 2. The van der Waals surface area contributed by atoms with E-state index in [2.05, 4.69) is 20.7 Å². The molecular formula is C8H15N5O. The van der Waals surface area contributed by atoms with Gasteiger partial charge in [-0.25, -0.2) is 9.78 Å². The van der Waals surface area contributed by atoms with E-state index < -0.39 is 0 Å². The molecule has 1 heterocycles. The molecule has 0 aromatic carbocycles. The van der Waals surface area contributed by atoms with Gasteiger partial charge in [-0.3, -0.25) is 4.68 Å². The fourth-order valence-corrected chi connectivity index (χ4v) is 0.945. The van der Waals surface area contributed by atoms with Crippen LogP contribution in [0, 0.1) is 0 Å². The zero-order chi connectivity index (χ0) is 10.4. The average molecular weight is 197 g/mol. The molecule has 0 spiro atoms. The minimum atomic E-state index is -0.153. The van der Waals surface area contributed by atoms with Crippen LogP contribution in [0.3, 0.4) is 0 Å². The molecule has 0 unspecified atom stereocenters. The highest BCUT2D eigenvalue weighted by Gasteiger charge is 2.00. The van der Waals surface area contributed by atoms with Gasteiger partial charge in [-0.05, 0) is 13.8 Å². The van der Waals surface area contributed by atoms with Gasteiger partial charge in [0.15, 0.2) is 0 Å². The number of rotatable bonds is 4. The van der Waals surface area contributed by atoms with E-state index >= 15 is 0 Å². The first-order chi connectivity index (χ1) is 6.68. The van der Waals surface area contributed by atoms with Crippen molar-refractivity contribution in [2.45, 2.75) is 26.4 Å². The van der Waals surface area contributed by atoms with E-state index in [4.69, 9.17) is 0 Å². The standard InChI is InChI=1S/C8H15N5O/c1-7(2)12-8(14)10-3-4-13-6-9-5-11-13/h5-7H,3-4H2,1-2H3,(H2,10,12,14). The topological polar surface area (TPSA) is 71.8 Å². The molecule has 1 aromatic rings. The molecule has 0 radical (unpaired) electrons. The number of hydrogen-bond acceptors (Lipinski definition) is 3. The largest absolute Gasteiger partial charge is 0.336 e.